The summed E-state index contributed by atoms with van der Waals surface area (Å²) >= 11 is 0. The molecule has 0 aliphatic rings. The van der Waals surface area contributed by atoms with E-state index in [0.29, 0.717) is 0 Å². The van der Waals surface area contributed by atoms with E-state index in [1.165, 1.54) is 14.0 Å². The standard InChI is InChI=1S/C10H10N4O3/c1-6-13-8(14-17-6)10(2,9(15)16-3)7(4-11)5-12/h7H,1-3H3. The molecule has 1 aromatic rings. The molecule has 0 spiro atoms. The Bertz CT molecular complexity index is 496. The Kier molecular flexibility index (Phi) is 3.44. The number of aromatic nitrogens is 2. The number of esters is 1. The summed E-state index contributed by atoms with van der Waals surface area (Å²) in [5.74, 6) is -1.81. The molecule has 7 nitrogen and oxygen atoms in total. The molecule has 1 atom stereocenters. The van der Waals surface area contributed by atoms with Gasteiger partial charge in [-0.25, -0.2) is 0 Å². The van der Waals surface area contributed by atoms with Gasteiger partial charge in [-0.05, 0) is 6.92 Å². The van der Waals surface area contributed by atoms with Crippen LogP contribution >= 0.6 is 0 Å². The molecule has 1 aromatic heterocycles. The maximum atomic E-state index is 11.8. The van der Waals surface area contributed by atoms with E-state index in [1.54, 1.807) is 19.1 Å². The zero-order chi connectivity index (χ0) is 13.1. The van der Waals surface area contributed by atoms with Gasteiger partial charge in [-0.1, -0.05) is 5.16 Å². The Labute approximate surface area is 97.6 Å². The van der Waals surface area contributed by atoms with E-state index in [-0.39, 0.29) is 11.7 Å². The molecular formula is C10H10N4O3. The van der Waals surface area contributed by atoms with E-state index >= 15 is 0 Å². The van der Waals surface area contributed by atoms with Crippen molar-refractivity contribution in [2.75, 3.05) is 7.11 Å². The van der Waals surface area contributed by atoms with Crippen molar-refractivity contribution in [2.24, 2.45) is 5.92 Å². The van der Waals surface area contributed by atoms with Crippen molar-refractivity contribution in [3.05, 3.63) is 11.7 Å². The van der Waals surface area contributed by atoms with Crippen LogP contribution in [0.3, 0.4) is 0 Å². The summed E-state index contributed by atoms with van der Waals surface area (Å²) < 4.78 is 9.36. The second-order valence-corrected chi connectivity index (χ2v) is 3.52. The fourth-order valence-electron chi connectivity index (χ4n) is 1.35. The number of hydrogen-bond donors (Lipinski definition) is 0. The maximum absolute atomic E-state index is 11.8. The Balaban J connectivity index is 3.36. The fourth-order valence-corrected chi connectivity index (χ4v) is 1.35. The van der Waals surface area contributed by atoms with Crippen molar-refractivity contribution < 1.29 is 14.1 Å². The molecule has 0 fully saturated rings. The number of nitrogens with zero attached hydrogens (tertiary/aromatic N) is 4. The minimum atomic E-state index is -1.56. The van der Waals surface area contributed by atoms with Crippen LogP contribution in [0.25, 0.3) is 0 Å². The first-order valence-electron chi connectivity index (χ1n) is 4.69. The van der Waals surface area contributed by atoms with E-state index in [2.05, 4.69) is 14.9 Å². The van der Waals surface area contributed by atoms with Crippen LogP contribution in [0.15, 0.2) is 4.52 Å². The molecule has 0 saturated carbocycles. The largest absolute Gasteiger partial charge is 0.468 e. The molecule has 0 radical (unpaired) electrons. The van der Waals surface area contributed by atoms with Gasteiger partial charge in [0.15, 0.2) is 17.2 Å². The van der Waals surface area contributed by atoms with Crippen LogP contribution in [0.5, 0.6) is 0 Å². The highest BCUT2D eigenvalue weighted by molar-refractivity contribution is 5.83. The molecule has 0 N–H and O–H groups in total. The SMILES string of the molecule is COC(=O)C(C)(c1noc(C)n1)C(C#N)C#N. The minimum absolute atomic E-state index is 0.0325. The summed E-state index contributed by atoms with van der Waals surface area (Å²) in [5.41, 5.74) is -1.56. The normalized spacial score (nSPS) is 13.5. The molecule has 17 heavy (non-hydrogen) atoms. The average Bonchev–Trinajstić information content (AvgIpc) is 2.76. The predicted molar refractivity (Wildman–Crippen MR) is 53.1 cm³/mol. The van der Waals surface area contributed by atoms with Gasteiger partial charge in [0.2, 0.25) is 5.89 Å². The van der Waals surface area contributed by atoms with Crippen molar-refractivity contribution in [3.63, 3.8) is 0 Å². The monoisotopic (exact) mass is 234 g/mol. The molecule has 0 saturated heterocycles. The van der Waals surface area contributed by atoms with Gasteiger partial charge in [0.05, 0.1) is 19.2 Å². The third kappa shape index (κ3) is 1.95. The Hall–Kier alpha value is -2.41. The van der Waals surface area contributed by atoms with E-state index < -0.39 is 17.3 Å². The lowest BCUT2D eigenvalue weighted by atomic mass is 9.77. The van der Waals surface area contributed by atoms with Gasteiger partial charge in [-0.3, -0.25) is 4.79 Å². The number of carbonyl (C=O) groups is 1. The van der Waals surface area contributed by atoms with Gasteiger partial charge < -0.3 is 9.26 Å². The third-order valence-corrected chi connectivity index (χ3v) is 2.44. The molecular weight excluding hydrogens is 224 g/mol. The van der Waals surface area contributed by atoms with Crippen molar-refractivity contribution in [2.45, 2.75) is 19.3 Å². The van der Waals surface area contributed by atoms with Gasteiger partial charge in [0.1, 0.15) is 0 Å². The van der Waals surface area contributed by atoms with Gasteiger partial charge >= 0.3 is 5.97 Å². The lowest BCUT2D eigenvalue weighted by molar-refractivity contribution is -0.148. The molecule has 88 valence electrons. The molecule has 1 rings (SSSR count). The molecule has 0 aromatic carbocycles. The van der Waals surface area contributed by atoms with Crippen molar-refractivity contribution in [3.8, 4) is 12.1 Å². The number of nitriles is 2. The number of ether oxygens (including phenoxy) is 1. The minimum Gasteiger partial charge on any atom is -0.468 e. The first-order valence-corrected chi connectivity index (χ1v) is 4.69. The van der Waals surface area contributed by atoms with Crippen LogP contribution in [-0.2, 0) is 14.9 Å². The quantitative estimate of drug-likeness (QED) is 0.698. The van der Waals surface area contributed by atoms with Crippen molar-refractivity contribution in [1.82, 2.24) is 10.1 Å². The topological polar surface area (TPSA) is 113 Å². The highest BCUT2D eigenvalue weighted by Gasteiger charge is 2.49. The predicted octanol–water partition coefficient (Wildman–Crippen LogP) is 0.472. The van der Waals surface area contributed by atoms with Crippen LogP contribution < -0.4 is 0 Å². The highest BCUT2D eigenvalue weighted by Crippen LogP contribution is 2.31. The summed E-state index contributed by atoms with van der Waals surface area (Å²) in [6.07, 6.45) is 0. The molecule has 1 heterocycles. The summed E-state index contributed by atoms with van der Waals surface area (Å²) in [4.78, 5) is 15.6. The van der Waals surface area contributed by atoms with Gasteiger partial charge in [-0.2, -0.15) is 15.5 Å². The second kappa shape index (κ2) is 4.62. The smallest absolute Gasteiger partial charge is 0.321 e. The zero-order valence-electron chi connectivity index (χ0n) is 9.59. The van der Waals surface area contributed by atoms with Gasteiger partial charge in [0, 0.05) is 6.92 Å². The van der Waals surface area contributed by atoms with Gasteiger partial charge in [0.25, 0.3) is 0 Å². The van der Waals surface area contributed by atoms with Crippen molar-refractivity contribution in [1.29, 1.82) is 10.5 Å². The third-order valence-electron chi connectivity index (χ3n) is 2.44. The molecule has 0 aliphatic carbocycles. The van der Waals surface area contributed by atoms with Gasteiger partial charge in [-0.15, -0.1) is 0 Å². The van der Waals surface area contributed by atoms with Crippen LogP contribution in [0.1, 0.15) is 18.6 Å². The maximum Gasteiger partial charge on any atom is 0.321 e. The lowest BCUT2D eigenvalue weighted by Crippen LogP contribution is -2.41. The van der Waals surface area contributed by atoms with E-state index in [1.807, 2.05) is 0 Å². The molecule has 0 amide bonds. The first kappa shape index (κ1) is 12.7. The number of hydrogen-bond acceptors (Lipinski definition) is 7. The van der Waals surface area contributed by atoms with Crippen LogP contribution in [-0.4, -0.2) is 23.2 Å². The highest BCUT2D eigenvalue weighted by atomic mass is 16.5. The van der Waals surface area contributed by atoms with E-state index in [0.717, 1.165) is 0 Å². The number of carbonyl (C=O) groups excluding carboxylic acids is 1. The first-order chi connectivity index (χ1) is 8.00. The lowest BCUT2D eigenvalue weighted by Gasteiger charge is -2.23. The van der Waals surface area contributed by atoms with Crippen LogP contribution in [0, 0.1) is 35.5 Å². The summed E-state index contributed by atoms with van der Waals surface area (Å²) in [6.45, 7) is 2.92. The van der Waals surface area contributed by atoms with E-state index in [4.69, 9.17) is 15.0 Å². The number of methoxy groups -OCH3 is 1. The van der Waals surface area contributed by atoms with E-state index in [9.17, 15) is 4.79 Å². The molecule has 7 heteroatoms. The van der Waals surface area contributed by atoms with Crippen LogP contribution in [0.2, 0.25) is 0 Å². The molecule has 1 unspecified atom stereocenters. The van der Waals surface area contributed by atoms with Crippen molar-refractivity contribution >= 4 is 5.97 Å². The Morgan fingerprint density at radius 1 is 1.53 bits per heavy atom. The summed E-state index contributed by atoms with van der Waals surface area (Å²) in [5, 5.41) is 21.4. The molecule has 0 bridgehead atoms. The average molecular weight is 234 g/mol. The Morgan fingerprint density at radius 2 is 2.12 bits per heavy atom. The zero-order valence-corrected chi connectivity index (χ0v) is 9.59. The fraction of sp³-hybridized carbons (Fsp3) is 0.500. The summed E-state index contributed by atoms with van der Waals surface area (Å²) in [7, 11) is 1.17. The number of aryl methyl sites for hydroxylation is 1. The molecule has 0 aliphatic heterocycles. The summed E-state index contributed by atoms with van der Waals surface area (Å²) in [6, 6.07) is 3.46. The Morgan fingerprint density at radius 3 is 2.47 bits per heavy atom. The second-order valence-electron chi connectivity index (χ2n) is 3.52. The number of rotatable bonds is 3. The van der Waals surface area contributed by atoms with Crippen LogP contribution in [0.4, 0.5) is 0 Å².